The number of benzene rings is 1. The van der Waals surface area contributed by atoms with Crippen LogP contribution in [-0.2, 0) is 6.54 Å². The quantitative estimate of drug-likeness (QED) is 0.738. The van der Waals surface area contributed by atoms with E-state index < -0.39 is 0 Å². The number of aromatic nitrogens is 4. The molecule has 2 aromatic heterocycles. The fourth-order valence-electron chi connectivity index (χ4n) is 2.29. The number of pyridine rings is 1. The van der Waals surface area contributed by atoms with Crippen LogP contribution in [0.2, 0.25) is 0 Å². The molecule has 0 aliphatic carbocycles. The van der Waals surface area contributed by atoms with E-state index in [1.54, 1.807) is 28.1 Å². The summed E-state index contributed by atoms with van der Waals surface area (Å²) in [5.74, 6) is 0. The minimum absolute atomic E-state index is 0.264. The predicted molar refractivity (Wildman–Crippen MR) is 80.6 cm³/mol. The van der Waals surface area contributed by atoms with Gasteiger partial charge in [0.15, 0.2) is 0 Å². The van der Waals surface area contributed by atoms with Gasteiger partial charge < -0.3 is 0 Å². The molecule has 1 aromatic carbocycles. The Balaban J connectivity index is 2.09. The molecule has 5 nitrogen and oxygen atoms in total. The Morgan fingerprint density at radius 1 is 1.19 bits per heavy atom. The molecule has 0 saturated carbocycles. The lowest BCUT2D eigenvalue weighted by molar-refractivity contribution is 0.582. The Hall–Kier alpha value is -2.69. The molecular formula is C16H16N4O. The molecule has 2 heterocycles. The van der Waals surface area contributed by atoms with Crippen LogP contribution >= 0.6 is 0 Å². The van der Waals surface area contributed by atoms with E-state index in [0.717, 1.165) is 22.4 Å². The van der Waals surface area contributed by atoms with Gasteiger partial charge >= 0.3 is 5.69 Å². The third kappa shape index (κ3) is 2.63. The van der Waals surface area contributed by atoms with E-state index in [1.807, 2.05) is 32.0 Å². The van der Waals surface area contributed by atoms with Gasteiger partial charge in [0.1, 0.15) is 6.33 Å². The highest BCUT2D eigenvalue weighted by Gasteiger charge is 2.10. The average molecular weight is 280 g/mol. The molecule has 0 spiro atoms. The van der Waals surface area contributed by atoms with Crippen LogP contribution in [0.25, 0.3) is 5.69 Å². The maximum atomic E-state index is 12.0. The van der Waals surface area contributed by atoms with Gasteiger partial charge in [-0.25, -0.2) is 14.2 Å². The Labute approximate surface area is 122 Å². The smallest absolute Gasteiger partial charge is 0.264 e. The van der Waals surface area contributed by atoms with Gasteiger partial charge in [0.25, 0.3) is 0 Å². The van der Waals surface area contributed by atoms with Crippen molar-refractivity contribution in [3.05, 3.63) is 76.2 Å². The Bertz CT molecular complexity index is 818. The summed E-state index contributed by atoms with van der Waals surface area (Å²) in [6.07, 6.45) is 5.04. The van der Waals surface area contributed by atoms with E-state index in [2.05, 4.69) is 22.1 Å². The largest absolute Gasteiger partial charge is 0.364 e. The second kappa shape index (κ2) is 5.36. The van der Waals surface area contributed by atoms with Gasteiger partial charge in [0.05, 0.1) is 12.2 Å². The molecule has 0 bridgehead atoms. The lowest BCUT2D eigenvalue weighted by Crippen LogP contribution is -2.24. The highest BCUT2D eigenvalue weighted by molar-refractivity contribution is 5.42. The summed E-state index contributed by atoms with van der Waals surface area (Å²) in [5.41, 5.74) is 3.91. The van der Waals surface area contributed by atoms with Crippen molar-refractivity contribution in [2.24, 2.45) is 0 Å². The maximum absolute atomic E-state index is 12.0. The second-order valence-electron chi connectivity index (χ2n) is 5.08. The summed E-state index contributed by atoms with van der Waals surface area (Å²) in [5, 5.41) is 0. The van der Waals surface area contributed by atoms with Gasteiger partial charge in [-0.2, -0.15) is 4.98 Å². The van der Waals surface area contributed by atoms with Crippen molar-refractivity contribution in [1.29, 1.82) is 0 Å². The molecule has 0 radical (unpaired) electrons. The summed E-state index contributed by atoms with van der Waals surface area (Å²) in [4.78, 5) is 20.0. The molecule has 3 rings (SSSR count). The van der Waals surface area contributed by atoms with Crippen molar-refractivity contribution in [3.8, 4) is 5.69 Å². The fraction of sp³-hybridized carbons (Fsp3) is 0.188. The van der Waals surface area contributed by atoms with Crippen LogP contribution < -0.4 is 5.69 Å². The summed E-state index contributed by atoms with van der Waals surface area (Å²) >= 11 is 0. The third-order valence-electron chi connectivity index (χ3n) is 3.43. The van der Waals surface area contributed by atoms with Crippen molar-refractivity contribution >= 4 is 0 Å². The first-order valence-corrected chi connectivity index (χ1v) is 6.76. The highest BCUT2D eigenvalue weighted by atomic mass is 16.2. The molecule has 0 unspecified atom stereocenters. The van der Waals surface area contributed by atoms with Crippen molar-refractivity contribution in [1.82, 2.24) is 19.3 Å². The van der Waals surface area contributed by atoms with Gasteiger partial charge in [-0.1, -0.05) is 18.2 Å². The van der Waals surface area contributed by atoms with Crippen LogP contribution in [0.3, 0.4) is 0 Å². The van der Waals surface area contributed by atoms with E-state index in [1.165, 1.54) is 0 Å². The molecule has 0 fully saturated rings. The first kappa shape index (κ1) is 13.3. The van der Waals surface area contributed by atoms with Gasteiger partial charge in [-0.15, -0.1) is 0 Å². The zero-order chi connectivity index (χ0) is 14.8. The number of hydrogen-bond donors (Lipinski definition) is 0. The van der Waals surface area contributed by atoms with E-state index in [-0.39, 0.29) is 5.69 Å². The second-order valence-corrected chi connectivity index (χ2v) is 5.08. The molecule has 5 heteroatoms. The number of hydrogen-bond acceptors (Lipinski definition) is 3. The molecule has 0 saturated heterocycles. The van der Waals surface area contributed by atoms with Crippen molar-refractivity contribution in [2.45, 2.75) is 20.4 Å². The van der Waals surface area contributed by atoms with Crippen LogP contribution in [0.1, 0.15) is 16.7 Å². The maximum Gasteiger partial charge on any atom is 0.364 e. The van der Waals surface area contributed by atoms with Gasteiger partial charge in [-0.05, 0) is 42.7 Å². The average Bonchev–Trinajstić information content (AvgIpc) is 2.84. The van der Waals surface area contributed by atoms with E-state index in [4.69, 9.17) is 0 Å². The lowest BCUT2D eigenvalue weighted by atomic mass is 10.1. The number of rotatable bonds is 3. The summed E-state index contributed by atoms with van der Waals surface area (Å²) in [6, 6.07) is 9.96. The molecule has 0 amide bonds. The van der Waals surface area contributed by atoms with Crippen LogP contribution in [0.4, 0.5) is 0 Å². The van der Waals surface area contributed by atoms with Crippen molar-refractivity contribution in [2.75, 3.05) is 0 Å². The first-order chi connectivity index (χ1) is 10.1. The van der Waals surface area contributed by atoms with E-state index >= 15 is 0 Å². The summed E-state index contributed by atoms with van der Waals surface area (Å²) < 4.78 is 3.41. The van der Waals surface area contributed by atoms with Crippen LogP contribution in [0.15, 0.2) is 53.8 Å². The van der Waals surface area contributed by atoms with E-state index in [0.29, 0.717) is 6.54 Å². The predicted octanol–water partition coefficient (Wildman–Crippen LogP) is 2.09. The van der Waals surface area contributed by atoms with Crippen LogP contribution in [-0.4, -0.2) is 19.3 Å². The standard InChI is InChI=1S/C16H16N4O/c1-12-5-6-13(2)15(8-12)20-11-18-16(21)19(20)10-14-4-3-7-17-9-14/h3-9,11H,10H2,1-2H3. The van der Waals surface area contributed by atoms with Crippen molar-refractivity contribution in [3.63, 3.8) is 0 Å². The summed E-state index contributed by atoms with van der Waals surface area (Å²) in [6.45, 7) is 4.50. The van der Waals surface area contributed by atoms with Gasteiger partial charge in [0.2, 0.25) is 0 Å². The third-order valence-corrected chi connectivity index (χ3v) is 3.43. The molecule has 0 N–H and O–H groups in total. The minimum atomic E-state index is -0.264. The summed E-state index contributed by atoms with van der Waals surface area (Å²) in [7, 11) is 0. The first-order valence-electron chi connectivity index (χ1n) is 6.76. The fourth-order valence-corrected chi connectivity index (χ4v) is 2.29. The highest BCUT2D eigenvalue weighted by Crippen LogP contribution is 2.15. The number of aryl methyl sites for hydroxylation is 2. The SMILES string of the molecule is Cc1ccc(C)c(-n2cnc(=O)n2Cc2cccnc2)c1. The molecule has 0 aliphatic heterocycles. The molecule has 106 valence electrons. The van der Waals surface area contributed by atoms with E-state index in [9.17, 15) is 4.79 Å². The lowest BCUT2D eigenvalue weighted by Gasteiger charge is -2.13. The zero-order valence-corrected chi connectivity index (χ0v) is 12.0. The van der Waals surface area contributed by atoms with Gasteiger partial charge in [-0.3, -0.25) is 4.98 Å². The number of nitrogens with zero attached hydrogens (tertiary/aromatic N) is 4. The Morgan fingerprint density at radius 3 is 2.81 bits per heavy atom. The zero-order valence-electron chi connectivity index (χ0n) is 12.0. The van der Waals surface area contributed by atoms with Gasteiger partial charge in [0, 0.05) is 12.4 Å². The molecule has 3 aromatic rings. The molecular weight excluding hydrogens is 264 g/mol. The monoisotopic (exact) mass is 280 g/mol. The normalized spacial score (nSPS) is 10.8. The Morgan fingerprint density at radius 2 is 2.05 bits per heavy atom. The topological polar surface area (TPSA) is 52.7 Å². The minimum Gasteiger partial charge on any atom is -0.264 e. The van der Waals surface area contributed by atoms with Crippen molar-refractivity contribution < 1.29 is 0 Å². The van der Waals surface area contributed by atoms with Crippen LogP contribution in [0, 0.1) is 13.8 Å². The van der Waals surface area contributed by atoms with Crippen LogP contribution in [0.5, 0.6) is 0 Å². The molecule has 0 aliphatic rings. The molecule has 0 atom stereocenters. The molecule has 21 heavy (non-hydrogen) atoms. The Kier molecular flexibility index (Phi) is 3.39.